The van der Waals surface area contributed by atoms with E-state index in [9.17, 15) is 14.4 Å². The van der Waals surface area contributed by atoms with Crippen LogP contribution < -0.4 is 5.32 Å². The Hall–Kier alpha value is -1.59. The maximum absolute atomic E-state index is 11.7. The Kier molecular flexibility index (Phi) is 11.3. The van der Waals surface area contributed by atoms with Crippen molar-refractivity contribution in [1.82, 2.24) is 5.32 Å². The summed E-state index contributed by atoms with van der Waals surface area (Å²) in [6.07, 6.45) is 5.48. The van der Waals surface area contributed by atoms with E-state index in [1.807, 2.05) is 0 Å². The third-order valence-corrected chi connectivity index (χ3v) is 3.08. The first-order chi connectivity index (χ1) is 10.0. The molecule has 0 fully saturated rings. The molecule has 0 saturated heterocycles. The molecule has 0 radical (unpaired) electrons. The average Bonchev–Trinajstić information content (AvgIpc) is 2.43. The minimum atomic E-state index is -1.13. The predicted octanol–water partition coefficient (Wildman–Crippen LogP) is 2.26. The van der Waals surface area contributed by atoms with Gasteiger partial charge in [-0.3, -0.25) is 9.59 Å². The molecule has 0 heterocycles. The molecule has 0 bridgehead atoms. The van der Waals surface area contributed by atoms with Gasteiger partial charge in [-0.1, -0.05) is 32.6 Å². The number of amides is 1. The van der Waals surface area contributed by atoms with Crippen molar-refractivity contribution in [3.8, 4) is 0 Å². The van der Waals surface area contributed by atoms with Crippen molar-refractivity contribution in [2.75, 3.05) is 6.61 Å². The maximum atomic E-state index is 11.7. The highest BCUT2D eigenvalue weighted by molar-refractivity contribution is 5.84. The normalized spacial score (nSPS) is 11.7. The molecule has 6 nitrogen and oxygen atoms in total. The van der Waals surface area contributed by atoms with Crippen LogP contribution in [0.25, 0.3) is 0 Å². The van der Waals surface area contributed by atoms with Gasteiger partial charge in [0.15, 0.2) is 0 Å². The van der Waals surface area contributed by atoms with Crippen molar-refractivity contribution < 1.29 is 24.2 Å². The molecule has 0 aliphatic heterocycles. The smallest absolute Gasteiger partial charge is 0.326 e. The number of aliphatic carboxylic acids is 1. The molecular weight excluding hydrogens is 274 g/mol. The van der Waals surface area contributed by atoms with E-state index in [0.29, 0.717) is 6.42 Å². The summed E-state index contributed by atoms with van der Waals surface area (Å²) in [4.78, 5) is 33.9. The summed E-state index contributed by atoms with van der Waals surface area (Å²) >= 11 is 0. The summed E-state index contributed by atoms with van der Waals surface area (Å²) in [5, 5.41) is 11.5. The first-order valence-corrected chi connectivity index (χ1v) is 7.69. The van der Waals surface area contributed by atoms with Gasteiger partial charge in [0, 0.05) is 12.8 Å². The van der Waals surface area contributed by atoms with Crippen molar-refractivity contribution in [1.29, 1.82) is 0 Å². The van der Waals surface area contributed by atoms with Gasteiger partial charge in [0.25, 0.3) is 0 Å². The monoisotopic (exact) mass is 301 g/mol. The number of hydrogen-bond acceptors (Lipinski definition) is 4. The molecule has 21 heavy (non-hydrogen) atoms. The van der Waals surface area contributed by atoms with Gasteiger partial charge in [-0.2, -0.15) is 0 Å². The number of unbranched alkanes of at least 4 members (excludes halogenated alkanes) is 4. The summed E-state index contributed by atoms with van der Waals surface area (Å²) < 4.78 is 4.73. The lowest BCUT2D eigenvalue weighted by Gasteiger charge is -2.14. The fraction of sp³-hybridized carbons (Fsp3) is 0.800. The number of hydrogen-bond donors (Lipinski definition) is 2. The first-order valence-electron chi connectivity index (χ1n) is 7.69. The van der Waals surface area contributed by atoms with Gasteiger partial charge in [0.05, 0.1) is 6.61 Å². The molecule has 0 saturated carbocycles. The van der Waals surface area contributed by atoms with Gasteiger partial charge in [-0.25, -0.2) is 4.79 Å². The van der Waals surface area contributed by atoms with E-state index in [4.69, 9.17) is 9.84 Å². The lowest BCUT2D eigenvalue weighted by atomic mass is 10.1. The molecular formula is C15H27NO5. The maximum Gasteiger partial charge on any atom is 0.326 e. The SMILES string of the molecule is CCCCCCCC(=O)N[C@@H](CCC(=O)OCC)C(=O)O. The van der Waals surface area contributed by atoms with Crippen LogP contribution >= 0.6 is 0 Å². The summed E-state index contributed by atoms with van der Waals surface area (Å²) in [6, 6.07) is -1.03. The molecule has 122 valence electrons. The van der Waals surface area contributed by atoms with Crippen molar-refractivity contribution in [3.63, 3.8) is 0 Å². The van der Waals surface area contributed by atoms with Gasteiger partial charge in [0.1, 0.15) is 6.04 Å². The summed E-state index contributed by atoms with van der Waals surface area (Å²) in [5.74, 6) is -1.85. The number of rotatable bonds is 12. The molecule has 6 heteroatoms. The third kappa shape index (κ3) is 10.8. The highest BCUT2D eigenvalue weighted by Gasteiger charge is 2.21. The van der Waals surface area contributed by atoms with Crippen LogP contribution in [0.1, 0.15) is 65.2 Å². The van der Waals surface area contributed by atoms with Crippen LogP contribution in [0.3, 0.4) is 0 Å². The summed E-state index contributed by atoms with van der Waals surface area (Å²) in [5.41, 5.74) is 0. The Morgan fingerprint density at radius 1 is 1.05 bits per heavy atom. The number of nitrogens with one attached hydrogen (secondary N) is 1. The number of esters is 1. The average molecular weight is 301 g/mol. The zero-order chi connectivity index (χ0) is 16.1. The molecule has 0 unspecified atom stereocenters. The zero-order valence-electron chi connectivity index (χ0n) is 13.0. The van der Waals surface area contributed by atoms with Crippen molar-refractivity contribution >= 4 is 17.8 Å². The van der Waals surface area contributed by atoms with Gasteiger partial charge >= 0.3 is 11.9 Å². The molecule has 1 amide bonds. The Morgan fingerprint density at radius 2 is 1.71 bits per heavy atom. The van der Waals surface area contributed by atoms with E-state index in [1.165, 1.54) is 0 Å². The van der Waals surface area contributed by atoms with Gasteiger partial charge in [-0.15, -0.1) is 0 Å². The standard InChI is InChI=1S/C15H27NO5/c1-3-5-6-7-8-9-13(17)16-12(15(19)20)10-11-14(18)21-4-2/h12H,3-11H2,1-2H3,(H,16,17)(H,19,20)/t12-/m0/s1. The largest absolute Gasteiger partial charge is 0.480 e. The van der Waals surface area contributed by atoms with E-state index in [1.54, 1.807) is 6.92 Å². The van der Waals surface area contributed by atoms with Crippen LogP contribution in [0.4, 0.5) is 0 Å². The lowest BCUT2D eigenvalue weighted by Crippen LogP contribution is -2.41. The first kappa shape index (κ1) is 19.4. The minimum absolute atomic E-state index is 0.0123. The number of ether oxygens (including phenoxy) is 1. The van der Waals surface area contributed by atoms with Crippen LogP contribution in [0.15, 0.2) is 0 Å². The van der Waals surface area contributed by atoms with Gasteiger partial charge < -0.3 is 15.2 Å². The number of carbonyl (C=O) groups is 3. The quantitative estimate of drug-likeness (QED) is 0.426. The molecule has 0 spiro atoms. The topological polar surface area (TPSA) is 92.7 Å². The third-order valence-electron chi connectivity index (χ3n) is 3.08. The number of carboxylic acids is 1. The van der Waals surface area contributed by atoms with E-state index in [0.717, 1.165) is 32.1 Å². The van der Waals surface area contributed by atoms with Crippen LogP contribution in [-0.4, -0.2) is 35.6 Å². The summed E-state index contributed by atoms with van der Waals surface area (Å²) in [6.45, 7) is 4.07. The van der Waals surface area contributed by atoms with Crippen molar-refractivity contribution in [3.05, 3.63) is 0 Å². The fourth-order valence-electron chi connectivity index (χ4n) is 1.91. The highest BCUT2D eigenvalue weighted by atomic mass is 16.5. The Balaban J connectivity index is 3.99. The molecule has 0 aromatic carbocycles. The molecule has 0 aliphatic carbocycles. The van der Waals surface area contributed by atoms with Crippen LogP contribution in [0.2, 0.25) is 0 Å². The second-order valence-corrected chi connectivity index (χ2v) is 4.97. The zero-order valence-corrected chi connectivity index (χ0v) is 13.0. The molecule has 2 N–H and O–H groups in total. The number of carbonyl (C=O) groups excluding carboxylic acids is 2. The second-order valence-electron chi connectivity index (χ2n) is 4.97. The van der Waals surface area contributed by atoms with E-state index >= 15 is 0 Å². The molecule has 0 rings (SSSR count). The van der Waals surface area contributed by atoms with Crippen LogP contribution in [0.5, 0.6) is 0 Å². The van der Waals surface area contributed by atoms with Gasteiger partial charge in [0.2, 0.25) is 5.91 Å². The van der Waals surface area contributed by atoms with Crippen LogP contribution in [-0.2, 0) is 19.1 Å². The minimum Gasteiger partial charge on any atom is -0.480 e. The molecule has 0 aromatic rings. The van der Waals surface area contributed by atoms with E-state index in [-0.39, 0.29) is 25.4 Å². The Labute approximate surface area is 126 Å². The second kappa shape index (κ2) is 12.2. The van der Waals surface area contributed by atoms with Crippen molar-refractivity contribution in [2.24, 2.45) is 0 Å². The van der Waals surface area contributed by atoms with Gasteiger partial charge in [-0.05, 0) is 19.8 Å². The summed E-state index contributed by atoms with van der Waals surface area (Å²) in [7, 11) is 0. The fourth-order valence-corrected chi connectivity index (χ4v) is 1.91. The van der Waals surface area contributed by atoms with E-state index < -0.39 is 18.0 Å². The van der Waals surface area contributed by atoms with Crippen molar-refractivity contribution in [2.45, 2.75) is 71.3 Å². The molecule has 0 aliphatic rings. The lowest BCUT2D eigenvalue weighted by molar-refractivity contribution is -0.145. The Morgan fingerprint density at radius 3 is 2.29 bits per heavy atom. The highest BCUT2D eigenvalue weighted by Crippen LogP contribution is 2.06. The number of carboxylic acid groups (broad SMARTS) is 1. The predicted molar refractivity (Wildman–Crippen MR) is 78.8 cm³/mol. The Bertz CT molecular complexity index is 330. The van der Waals surface area contributed by atoms with Crippen LogP contribution in [0, 0.1) is 0 Å². The van der Waals surface area contributed by atoms with E-state index in [2.05, 4.69) is 12.2 Å². The molecule has 1 atom stereocenters. The molecule has 0 aromatic heterocycles.